The van der Waals surface area contributed by atoms with Crippen molar-refractivity contribution in [1.82, 2.24) is 15.5 Å². The van der Waals surface area contributed by atoms with Crippen LogP contribution < -0.4 is 15.4 Å². The quantitative estimate of drug-likeness (QED) is 0.323. The van der Waals surface area contributed by atoms with Crippen LogP contribution in [0.3, 0.4) is 0 Å². The highest BCUT2D eigenvalue weighted by atomic mass is 16.5. The van der Waals surface area contributed by atoms with E-state index in [-0.39, 0.29) is 12.5 Å². The maximum atomic E-state index is 11.8. The Morgan fingerprint density at radius 1 is 1.21 bits per heavy atom. The van der Waals surface area contributed by atoms with Crippen LogP contribution in [0.15, 0.2) is 29.3 Å². The fraction of sp³-hybridized carbons (Fsp3) is 0.619. The highest BCUT2D eigenvalue weighted by Crippen LogP contribution is 2.14. The Bertz CT molecular complexity index is 588. The third-order valence-corrected chi connectivity index (χ3v) is 4.19. The van der Waals surface area contributed by atoms with Crippen LogP contribution in [0.4, 0.5) is 0 Å². The van der Waals surface area contributed by atoms with Gasteiger partial charge in [-0.1, -0.05) is 19.1 Å². The molecule has 1 atom stereocenters. The molecule has 0 saturated heterocycles. The van der Waals surface area contributed by atoms with Gasteiger partial charge in [0, 0.05) is 40.4 Å². The minimum atomic E-state index is -0.0262. The summed E-state index contributed by atoms with van der Waals surface area (Å²) < 4.78 is 10.6. The Morgan fingerprint density at radius 3 is 2.54 bits per heavy atom. The zero-order valence-electron chi connectivity index (χ0n) is 18.0. The van der Waals surface area contributed by atoms with Gasteiger partial charge in [-0.2, -0.15) is 0 Å². The Balaban J connectivity index is 2.52. The maximum absolute atomic E-state index is 11.8. The molecule has 0 aliphatic rings. The molecule has 2 N–H and O–H groups in total. The number of rotatable bonds is 12. The Hall–Kier alpha value is -2.28. The highest BCUT2D eigenvalue weighted by Gasteiger charge is 2.08. The molecule has 0 heterocycles. The maximum Gasteiger partial charge on any atom is 0.243 e. The summed E-state index contributed by atoms with van der Waals surface area (Å²) in [6.45, 7) is 7.24. The lowest BCUT2D eigenvalue weighted by Crippen LogP contribution is -2.41. The molecule has 28 heavy (non-hydrogen) atoms. The second kappa shape index (κ2) is 13.8. The van der Waals surface area contributed by atoms with E-state index in [4.69, 9.17) is 9.47 Å². The van der Waals surface area contributed by atoms with Crippen molar-refractivity contribution in [3.63, 3.8) is 0 Å². The van der Waals surface area contributed by atoms with Crippen molar-refractivity contribution in [2.75, 3.05) is 54.1 Å². The van der Waals surface area contributed by atoms with E-state index < -0.39 is 0 Å². The standard InChI is InChI=1S/C21H36N4O3/c1-6-28-13-7-12-22-21(24-16-20(26)25(3)4)23-15-17(2)14-18-8-10-19(27-5)11-9-18/h8-11,17H,6-7,12-16H2,1-5H3,(H2,22,23,24). The van der Waals surface area contributed by atoms with Crippen LogP contribution in [0.25, 0.3) is 0 Å². The molecule has 1 aromatic rings. The van der Waals surface area contributed by atoms with Gasteiger partial charge in [-0.3, -0.25) is 4.79 Å². The molecular formula is C21H36N4O3. The van der Waals surface area contributed by atoms with Gasteiger partial charge < -0.3 is 25.0 Å². The van der Waals surface area contributed by atoms with Gasteiger partial charge in [-0.25, -0.2) is 4.99 Å². The lowest BCUT2D eigenvalue weighted by atomic mass is 10.0. The smallest absolute Gasteiger partial charge is 0.243 e. The number of amides is 1. The first-order valence-corrected chi connectivity index (χ1v) is 9.89. The number of benzene rings is 1. The number of guanidine groups is 1. The fourth-order valence-electron chi connectivity index (χ4n) is 2.49. The molecule has 0 radical (unpaired) electrons. The van der Waals surface area contributed by atoms with Crippen molar-refractivity contribution in [1.29, 1.82) is 0 Å². The fourth-order valence-corrected chi connectivity index (χ4v) is 2.49. The first-order chi connectivity index (χ1) is 13.5. The van der Waals surface area contributed by atoms with E-state index in [2.05, 4.69) is 34.7 Å². The van der Waals surface area contributed by atoms with Gasteiger partial charge in [0.05, 0.1) is 7.11 Å². The van der Waals surface area contributed by atoms with Gasteiger partial charge in [-0.15, -0.1) is 0 Å². The van der Waals surface area contributed by atoms with Crippen LogP contribution in [0, 0.1) is 5.92 Å². The molecular weight excluding hydrogens is 356 g/mol. The third-order valence-electron chi connectivity index (χ3n) is 4.19. The molecule has 7 nitrogen and oxygen atoms in total. The molecule has 0 fully saturated rings. The van der Waals surface area contributed by atoms with E-state index in [1.165, 1.54) is 5.56 Å². The van der Waals surface area contributed by atoms with E-state index in [0.29, 0.717) is 18.5 Å². The molecule has 0 aromatic heterocycles. The number of aliphatic imine (C=N–C) groups is 1. The van der Waals surface area contributed by atoms with Crippen molar-refractivity contribution >= 4 is 11.9 Å². The summed E-state index contributed by atoms with van der Waals surface area (Å²) in [6.07, 6.45) is 1.84. The number of ether oxygens (including phenoxy) is 2. The molecule has 0 aliphatic carbocycles. The summed E-state index contributed by atoms with van der Waals surface area (Å²) in [5.74, 6) is 1.91. The summed E-state index contributed by atoms with van der Waals surface area (Å²) in [4.78, 5) is 17.8. The monoisotopic (exact) mass is 392 g/mol. The van der Waals surface area contributed by atoms with E-state index in [1.807, 2.05) is 19.1 Å². The molecule has 1 unspecified atom stereocenters. The predicted octanol–water partition coefficient (Wildman–Crippen LogP) is 1.92. The summed E-state index contributed by atoms with van der Waals surface area (Å²) in [5, 5.41) is 6.63. The lowest BCUT2D eigenvalue weighted by Gasteiger charge is -2.17. The van der Waals surface area contributed by atoms with Crippen molar-refractivity contribution < 1.29 is 14.3 Å². The van der Waals surface area contributed by atoms with Crippen molar-refractivity contribution in [3.8, 4) is 5.75 Å². The number of methoxy groups -OCH3 is 1. The third kappa shape index (κ3) is 10.2. The highest BCUT2D eigenvalue weighted by molar-refractivity contribution is 5.84. The Labute approximate surface area is 169 Å². The molecule has 1 rings (SSSR count). The average molecular weight is 393 g/mol. The number of hydrogen-bond acceptors (Lipinski definition) is 4. The van der Waals surface area contributed by atoms with Gasteiger partial charge in [0.25, 0.3) is 0 Å². The van der Waals surface area contributed by atoms with Crippen LogP contribution in [0.5, 0.6) is 5.75 Å². The summed E-state index contributed by atoms with van der Waals surface area (Å²) in [6, 6.07) is 8.14. The molecule has 1 amide bonds. The second-order valence-corrected chi connectivity index (χ2v) is 6.97. The lowest BCUT2D eigenvalue weighted by molar-refractivity contribution is -0.127. The van der Waals surface area contributed by atoms with Crippen molar-refractivity contribution in [2.24, 2.45) is 10.9 Å². The topological polar surface area (TPSA) is 75.2 Å². The molecule has 0 spiro atoms. The zero-order valence-corrected chi connectivity index (χ0v) is 18.0. The van der Waals surface area contributed by atoms with E-state index in [9.17, 15) is 4.79 Å². The zero-order chi connectivity index (χ0) is 20.8. The minimum absolute atomic E-state index is 0.0262. The average Bonchev–Trinajstić information content (AvgIpc) is 2.69. The molecule has 0 aliphatic heterocycles. The summed E-state index contributed by atoms with van der Waals surface area (Å²) >= 11 is 0. The van der Waals surface area contributed by atoms with E-state index in [1.54, 1.807) is 26.1 Å². The van der Waals surface area contributed by atoms with Gasteiger partial charge in [0.1, 0.15) is 12.3 Å². The Kier molecular flexibility index (Phi) is 11.7. The van der Waals surface area contributed by atoms with E-state index >= 15 is 0 Å². The largest absolute Gasteiger partial charge is 0.497 e. The predicted molar refractivity (Wildman–Crippen MR) is 114 cm³/mol. The molecule has 1 aromatic carbocycles. The summed E-state index contributed by atoms with van der Waals surface area (Å²) in [5.41, 5.74) is 1.26. The van der Waals surface area contributed by atoms with Gasteiger partial charge in [0.15, 0.2) is 5.96 Å². The Morgan fingerprint density at radius 2 is 1.93 bits per heavy atom. The first-order valence-electron chi connectivity index (χ1n) is 9.89. The number of carbonyl (C=O) groups excluding carboxylic acids is 1. The number of hydrogen-bond donors (Lipinski definition) is 2. The number of nitrogens with one attached hydrogen (secondary N) is 2. The van der Waals surface area contributed by atoms with Crippen LogP contribution in [-0.4, -0.2) is 70.8 Å². The number of likely N-dealkylation sites (N-methyl/N-ethyl adjacent to an activating group) is 1. The molecule has 7 heteroatoms. The number of carbonyl (C=O) groups is 1. The van der Waals surface area contributed by atoms with Crippen LogP contribution >= 0.6 is 0 Å². The van der Waals surface area contributed by atoms with Gasteiger partial charge >= 0.3 is 0 Å². The van der Waals surface area contributed by atoms with Crippen LogP contribution in [0.1, 0.15) is 25.8 Å². The SMILES string of the molecule is CCOCCCNC(=NCC(=O)N(C)C)NCC(C)Cc1ccc(OC)cc1. The normalized spacial score (nSPS) is 12.4. The van der Waals surface area contributed by atoms with Crippen LogP contribution in [-0.2, 0) is 16.0 Å². The van der Waals surface area contributed by atoms with Crippen molar-refractivity contribution in [2.45, 2.75) is 26.7 Å². The first kappa shape index (κ1) is 23.8. The second-order valence-electron chi connectivity index (χ2n) is 6.97. The number of nitrogens with zero attached hydrogens (tertiary/aromatic N) is 2. The van der Waals surface area contributed by atoms with Gasteiger partial charge in [-0.05, 0) is 43.4 Å². The van der Waals surface area contributed by atoms with Crippen LogP contribution in [0.2, 0.25) is 0 Å². The molecule has 0 saturated carbocycles. The van der Waals surface area contributed by atoms with Crippen molar-refractivity contribution in [3.05, 3.63) is 29.8 Å². The summed E-state index contributed by atoms with van der Waals surface area (Å²) in [7, 11) is 5.14. The molecule has 0 bridgehead atoms. The van der Waals surface area contributed by atoms with Gasteiger partial charge in [0.2, 0.25) is 5.91 Å². The molecule has 158 valence electrons. The van der Waals surface area contributed by atoms with E-state index in [0.717, 1.165) is 38.3 Å². The minimum Gasteiger partial charge on any atom is -0.497 e.